The Hall–Kier alpha value is -1.00. The molecule has 0 saturated carbocycles. The van der Waals surface area contributed by atoms with Crippen LogP contribution in [0.5, 0.6) is 0 Å². The summed E-state index contributed by atoms with van der Waals surface area (Å²) in [6.45, 7) is 3.37. The summed E-state index contributed by atoms with van der Waals surface area (Å²) in [6.07, 6.45) is 2.10. The number of hydrogen-bond acceptors (Lipinski definition) is 2. The molecule has 0 aliphatic carbocycles. The molecular weight excluding hydrogens is 290 g/mol. The van der Waals surface area contributed by atoms with E-state index in [4.69, 9.17) is 23.2 Å². The summed E-state index contributed by atoms with van der Waals surface area (Å²) in [5.41, 5.74) is 0.538. The van der Waals surface area contributed by atoms with Crippen LogP contribution in [0.15, 0.2) is 12.1 Å². The summed E-state index contributed by atoms with van der Waals surface area (Å²) < 4.78 is 13.3. The lowest BCUT2D eigenvalue weighted by Gasteiger charge is -2.22. The molecule has 1 heterocycles. The zero-order valence-electron chi connectivity index (χ0n) is 10.5. The molecule has 0 spiro atoms. The van der Waals surface area contributed by atoms with Crippen LogP contribution in [0.25, 0.3) is 0 Å². The number of halogens is 3. The van der Waals surface area contributed by atoms with Crippen molar-refractivity contribution < 1.29 is 9.18 Å². The van der Waals surface area contributed by atoms with Crippen molar-refractivity contribution in [1.82, 2.24) is 4.90 Å². The average Bonchev–Trinajstić information content (AvgIpc) is 2.88. The van der Waals surface area contributed by atoms with Crippen LogP contribution < -0.4 is 5.32 Å². The number of benzene rings is 1. The fourth-order valence-electron chi connectivity index (χ4n) is 2.16. The van der Waals surface area contributed by atoms with E-state index in [2.05, 4.69) is 5.32 Å². The molecule has 104 valence electrons. The van der Waals surface area contributed by atoms with Crippen molar-refractivity contribution >= 4 is 34.8 Å². The van der Waals surface area contributed by atoms with Gasteiger partial charge in [-0.2, -0.15) is 0 Å². The van der Waals surface area contributed by atoms with Gasteiger partial charge in [-0.15, -0.1) is 0 Å². The highest BCUT2D eigenvalue weighted by Crippen LogP contribution is 2.27. The number of carbonyl (C=O) groups excluding carboxylic acids is 1. The van der Waals surface area contributed by atoms with E-state index >= 15 is 0 Å². The van der Waals surface area contributed by atoms with Crippen LogP contribution in [0, 0.1) is 5.82 Å². The molecule has 0 bridgehead atoms. The first-order valence-electron chi connectivity index (χ1n) is 6.19. The van der Waals surface area contributed by atoms with Crippen molar-refractivity contribution in [3.05, 3.63) is 28.0 Å². The molecule has 1 aliphatic rings. The predicted octanol–water partition coefficient (Wildman–Crippen LogP) is 3.56. The van der Waals surface area contributed by atoms with Gasteiger partial charge in [0.25, 0.3) is 0 Å². The Morgan fingerprint density at radius 1 is 1.32 bits per heavy atom. The van der Waals surface area contributed by atoms with E-state index in [-0.39, 0.29) is 16.0 Å². The number of hydrogen-bond donors (Lipinski definition) is 1. The lowest BCUT2D eigenvalue weighted by Crippen LogP contribution is -2.39. The van der Waals surface area contributed by atoms with Crippen LogP contribution in [0.2, 0.25) is 10.0 Å². The largest absolute Gasteiger partial charge is 0.374 e. The van der Waals surface area contributed by atoms with Crippen LogP contribution in [-0.2, 0) is 4.79 Å². The second kappa shape index (κ2) is 5.97. The lowest BCUT2D eigenvalue weighted by atomic mass is 10.2. The Kier molecular flexibility index (Phi) is 4.53. The van der Waals surface area contributed by atoms with Crippen molar-refractivity contribution in [3.63, 3.8) is 0 Å². The first kappa shape index (κ1) is 14.4. The zero-order chi connectivity index (χ0) is 14.0. The Balaban J connectivity index is 2.06. The third-order valence-electron chi connectivity index (χ3n) is 3.16. The summed E-state index contributed by atoms with van der Waals surface area (Å²) in [6, 6.07) is 2.46. The van der Waals surface area contributed by atoms with Crippen LogP contribution in [0.4, 0.5) is 10.1 Å². The maximum atomic E-state index is 13.3. The molecule has 3 nitrogen and oxygen atoms in total. The number of nitrogens with one attached hydrogen (secondary N) is 1. The van der Waals surface area contributed by atoms with Gasteiger partial charge in [-0.25, -0.2) is 4.39 Å². The Bertz CT molecular complexity index is 467. The highest BCUT2D eigenvalue weighted by molar-refractivity contribution is 6.35. The van der Waals surface area contributed by atoms with Gasteiger partial charge in [0.2, 0.25) is 5.91 Å². The Morgan fingerprint density at radius 2 is 1.84 bits per heavy atom. The van der Waals surface area contributed by atoms with Crippen LogP contribution in [0.1, 0.15) is 19.8 Å². The van der Waals surface area contributed by atoms with Crippen molar-refractivity contribution in [1.29, 1.82) is 0 Å². The van der Waals surface area contributed by atoms with E-state index in [1.165, 1.54) is 12.1 Å². The molecule has 1 aliphatic heterocycles. The van der Waals surface area contributed by atoms with Gasteiger partial charge < -0.3 is 10.2 Å². The summed E-state index contributed by atoms with van der Waals surface area (Å²) in [5, 5.41) is 2.88. The highest BCUT2D eigenvalue weighted by Gasteiger charge is 2.23. The maximum Gasteiger partial charge on any atom is 0.244 e. The molecule has 1 aromatic rings. The minimum Gasteiger partial charge on any atom is -0.374 e. The van der Waals surface area contributed by atoms with Gasteiger partial charge >= 0.3 is 0 Å². The molecule has 1 N–H and O–H groups in total. The van der Waals surface area contributed by atoms with Gasteiger partial charge in [0, 0.05) is 18.8 Å². The van der Waals surface area contributed by atoms with Crippen molar-refractivity contribution in [2.45, 2.75) is 25.8 Å². The van der Waals surface area contributed by atoms with Crippen molar-refractivity contribution in [2.75, 3.05) is 18.4 Å². The first-order chi connectivity index (χ1) is 8.99. The van der Waals surface area contributed by atoms with Gasteiger partial charge in [-0.3, -0.25) is 4.79 Å². The van der Waals surface area contributed by atoms with Crippen LogP contribution in [-0.4, -0.2) is 29.9 Å². The van der Waals surface area contributed by atoms with E-state index in [0.717, 1.165) is 25.9 Å². The summed E-state index contributed by atoms with van der Waals surface area (Å²) in [5.74, 6) is -0.610. The van der Waals surface area contributed by atoms with Gasteiger partial charge in [-0.1, -0.05) is 23.2 Å². The predicted molar refractivity (Wildman–Crippen MR) is 75.3 cm³/mol. The van der Waals surface area contributed by atoms with Crippen molar-refractivity contribution in [3.8, 4) is 0 Å². The van der Waals surface area contributed by atoms with Gasteiger partial charge in [0.1, 0.15) is 6.04 Å². The van der Waals surface area contributed by atoms with E-state index in [1.807, 2.05) is 4.90 Å². The van der Waals surface area contributed by atoms with E-state index in [0.29, 0.717) is 5.69 Å². The number of nitrogens with zero attached hydrogens (tertiary/aromatic N) is 1. The number of rotatable bonds is 3. The number of anilines is 1. The SMILES string of the molecule is CC(Nc1cc(Cl)c(F)c(Cl)c1)C(=O)N1CCCC1. The van der Waals surface area contributed by atoms with Gasteiger partial charge in [0.15, 0.2) is 5.82 Å². The lowest BCUT2D eigenvalue weighted by molar-refractivity contribution is -0.130. The van der Waals surface area contributed by atoms with E-state index in [9.17, 15) is 9.18 Å². The van der Waals surface area contributed by atoms with E-state index in [1.54, 1.807) is 6.92 Å². The molecule has 2 rings (SSSR count). The number of amides is 1. The average molecular weight is 305 g/mol. The molecule has 1 fully saturated rings. The monoisotopic (exact) mass is 304 g/mol. The minimum atomic E-state index is -0.646. The molecular formula is C13H15Cl2FN2O. The third-order valence-corrected chi connectivity index (χ3v) is 3.71. The molecule has 0 aromatic heterocycles. The molecule has 19 heavy (non-hydrogen) atoms. The second-order valence-corrected chi connectivity index (χ2v) is 5.47. The topological polar surface area (TPSA) is 32.3 Å². The quantitative estimate of drug-likeness (QED) is 0.866. The van der Waals surface area contributed by atoms with Gasteiger partial charge in [-0.05, 0) is 31.9 Å². The molecule has 1 aromatic carbocycles. The number of likely N-dealkylation sites (tertiary alicyclic amines) is 1. The van der Waals surface area contributed by atoms with Crippen molar-refractivity contribution in [2.24, 2.45) is 0 Å². The fraction of sp³-hybridized carbons (Fsp3) is 0.462. The minimum absolute atomic E-state index is 0.0362. The second-order valence-electron chi connectivity index (χ2n) is 4.65. The molecule has 6 heteroatoms. The smallest absolute Gasteiger partial charge is 0.244 e. The number of carbonyl (C=O) groups is 1. The zero-order valence-corrected chi connectivity index (χ0v) is 12.1. The standard InChI is InChI=1S/C13H15Cl2FN2O/c1-8(13(19)18-4-2-3-5-18)17-9-6-10(14)12(16)11(15)7-9/h6-8,17H,2-5H2,1H3. The summed E-state index contributed by atoms with van der Waals surface area (Å²) >= 11 is 11.4. The molecule has 1 atom stereocenters. The third kappa shape index (κ3) is 3.31. The maximum absolute atomic E-state index is 13.3. The molecule has 1 saturated heterocycles. The first-order valence-corrected chi connectivity index (χ1v) is 6.94. The molecule has 0 radical (unpaired) electrons. The normalized spacial score (nSPS) is 16.5. The Morgan fingerprint density at radius 3 is 2.37 bits per heavy atom. The molecule has 1 unspecified atom stereocenters. The fourth-order valence-corrected chi connectivity index (χ4v) is 2.65. The van der Waals surface area contributed by atoms with Crippen LogP contribution in [0.3, 0.4) is 0 Å². The summed E-state index contributed by atoms with van der Waals surface area (Å²) in [4.78, 5) is 13.9. The van der Waals surface area contributed by atoms with Crippen LogP contribution >= 0.6 is 23.2 Å². The molecule has 1 amide bonds. The van der Waals surface area contributed by atoms with E-state index < -0.39 is 11.9 Å². The van der Waals surface area contributed by atoms with Gasteiger partial charge in [0.05, 0.1) is 10.0 Å². The highest BCUT2D eigenvalue weighted by atomic mass is 35.5. The Labute approximate surface area is 121 Å². The summed E-state index contributed by atoms with van der Waals surface area (Å²) in [7, 11) is 0.